The van der Waals surface area contributed by atoms with Crippen molar-refractivity contribution in [1.82, 2.24) is 10.2 Å². The molecule has 3 fully saturated rings. The van der Waals surface area contributed by atoms with Crippen LogP contribution in [0.25, 0.3) is 0 Å². The summed E-state index contributed by atoms with van der Waals surface area (Å²) in [7, 11) is 0. The Morgan fingerprint density at radius 2 is 2.00 bits per heavy atom. The maximum atomic E-state index is 13.6. The van der Waals surface area contributed by atoms with Gasteiger partial charge in [0.15, 0.2) is 0 Å². The van der Waals surface area contributed by atoms with E-state index in [-0.39, 0.29) is 29.6 Å². The first-order valence-corrected chi connectivity index (χ1v) is 12.1. The lowest BCUT2D eigenvalue weighted by atomic mass is 9.70. The number of nitrogens with one attached hydrogen (secondary N) is 2. The average Bonchev–Trinajstić information content (AvgIpc) is 3.40. The highest BCUT2D eigenvalue weighted by molar-refractivity contribution is 8.02. The van der Waals surface area contributed by atoms with Gasteiger partial charge in [0.25, 0.3) is 0 Å². The topological polar surface area (TPSA) is 98.7 Å². The van der Waals surface area contributed by atoms with Crippen LogP contribution in [-0.2, 0) is 14.4 Å². The van der Waals surface area contributed by atoms with Crippen molar-refractivity contribution in [3.05, 3.63) is 30.3 Å². The molecule has 2 unspecified atom stereocenters. The van der Waals surface area contributed by atoms with Gasteiger partial charge in [-0.15, -0.1) is 11.8 Å². The third-order valence-electron chi connectivity index (χ3n) is 6.78. The molecule has 1 aromatic rings. The predicted octanol–water partition coefficient (Wildman–Crippen LogP) is 2.02. The molecule has 3 aliphatic rings. The zero-order valence-corrected chi connectivity index (χ0v) is 18.7. The minimum atomic E-state index is -0.585. The Bertz CT molecular complexity index is 835. The number of carbonyl (C=O) groups excluding carboxylic acids is 3. The Balaban J connectivity index is 1.61. The number of aliphatic hydroxyl groups is 1. The fourth-order valence-corrected chi connectivity index (χ4v) is 7.69. The molecule has 3 saturated heterocycles. The van der Waals surface area contributed by atoms with Crippen LogP contribution >= 0.6 is 11.8 Å². The van der Waals surface area contributed by atoms with Gasteiger partial charge in [-0.25, -0.2) is 0 Å². The van der Waals surface area contributed by atoms with Gasteiger partial charge in [0.1, 0.15) is 6.04 Å². The summed E-state index contributed by atoms with van der Waals surface area (Å²) >= 11 is 1.67. The number of thioether (sulfide) groups is 1. The van der Waals surface area contributed by atoms with Crippen LogP contribution in [0.4, 0.5) is 5.69 Å². The zero-order chi connectivity index (χ0) is 22.0. The van der Waals surface area contributed by atoms with Crippen molar-refractivity contribution in [2.45, 2.75) is 55.1 Å². The molecule has 8 heteroatoms. The summed E-state index contributed by atoms with van der Waals surface area (Å²) in [5.41, 5.74) is 0.714. The maximum absolute atomic E-state index is 13.6. The van der Waals surface area contributed by atoms with Gasteiger partial charge in [0, 0.05) is 30.6 Å². The van der Waals surface area contributed by atoms with Crippen LogP contribution < -0.4 is 10.6 Å². The van der Waals surface area contributed by atoms with E-state index < -0.39 is 22.6 Å². The van der Waals surface area contributed by atoms with Gasteiger partial charge in [0.2, 0.25) is 17.7 Å². The van der Waals surface area contributed by atoms with Gasteiger partial charge in [-0.1, -0.05) is 31.5 Å². The zero-order valence-electron chi connectivity index (χ0n) is 17.9. The number of aliphatic hydroxyl groups excluding tert-OH is 1. The minimum absolute atomic E-state index is 0.0424. The van der Waals surface area contributed by atoms with Crippen molar-refractivity contribution >= 4 is 35.2 Å². The van der Waals surface area contributed by atoms with Crippen LogP contribution in [0.2, 0.25) is 0 Å². The summed E-state index contributed by atoms with van der Waals surface area (Å²) in [6.45, 7) is 2.94. The fraction of sp³-hybridized carbons (Fsp3) is 0.609. The predicted molar refractivity (Wildman–Crippen MR) is 121 cm³/mol. The molecule has 0 aromatic heterocycles. The average molecular weight is 446 g/mol. The second kappa shape index (κ2) is 9.20. The van der Waals surface area contributed by atoms with E-state index in [1.807, 2.05) is 30.3 Å². The molecule has 3 N–H and O–H groups in total. The van der Waals surface area contributed by atoms with Crippen molar-refractivity contribution < 1.29 is 19.5 Å². The van der Waals surface area contributed by atoms with E-state index in [0.717, 1.165) is 25.7 Å². The van der Waals surface area contributed by atoms with Crippen molar-refractivity contribution in [2.24, 2.45) is 11.8 Å². The van der Waals surface area contributed by atoms with Crippen LogP contribution in [0.1, 0.15) is 39.0 Å². The van der Waals surface area contributed by atoms with E-state index in [9.17, 15) is 19.5 Å². The van der Waals surface area contributed by atoms with Crippen molar-refractivity contribution in [3.8, 4) is 0 Å². The summed E-state index contributed by atoms with van der Waals surface area (Å²) in [5, 5.41) is 15.4. The van der Waals surface area contributed by atoms with Gasteiger partial charge in [-0.2, -0.15) is 0 Å². The van der Waals surface area contributed by atoms with E-state index in [0.29, 0.717) is 25.2 Å². The molecule has 0 radical (unpaired) electrons. The van der Waals surface area contributed by atoms with Crippen molar-refractivity contribution in [2.75, 3.05) is 25.0 Å². The number of hydrogen-bond acceptors (Lipinski definition) is 5. The molecular weight excluding hydrogens is 414 g/mol. The number of benzene rings is 1. The largest absolute Gasteiger partial charge is 0.396 e. The Kier molecular flexibility index (Phi) is 6.57. The molecule has 168 valence electrons. The number of para-hydroxylation sites is 1. The molecule has 3 aliphatic heterocycles. The molecule has 4 rings (SSSR count). The monoisotopic (exact) mass is 445 g/mol. The third kappa shape index (κ3) is 3.84. The molecule has 5 atom stereocenters. The molecule has 1 spiro atoms. The first kappa shape index (κ1) is 22.1. The van der Waals surface area contributed by atoms with E-state index in [1.165, 1.54) is 0 Å². The lowest BCUT2D eigenvalue weighted by Gasteiger charge is -2.34. The van der Waals surface area contributed by atoms with Gasteiger partial charge in [-0.3, -0.25) is 14.4 Å². The first-order valence-electron chi connectivity index (χ1n) is 11.3. The Morgan fingerprint density at radius 3 is 2.71 bits per heavy atom. The van der Waals surface area contributed by atoms with Gasteiger partial charge in [0.05, 0.1) is 16.6 Å². The number of likely N-dealkylation sites (tertiary alicyclic amines) is 1. The summed E-state index contributed by atoms with van der Waals surface area (Å²) < 4.78 is -0.563. The smallest absolute Gasteiger partial charge is 0.244 e. The van der Waals surface area contributed by atoms with Crippen LogP contribution in [0, 0.1) is 11.8 Å². The molecule has 2 bridgehead atoms. The third-order valence-corrected chi connectivity index (χ3v) is 8.73. The number of fused-ring (bicyclic) bond motifs is 1. The van der Waals surface area contributed by atoms with Crippen LogP contribution in [-0.4, -0.2) is 63.5 Å². The first-order chi connectivity index (χ1) is 15.0. The number of hydrogen-bond donors (Lipinski definition) is 3. The highest BCUT2D eigenvalue weighted by atomic mass is 32.2. The lowest BCUT2D eigenvalue weighted by Crippen LogP contribution is -2.53. The van der Waals surface area contributed by atoms with Crippen LogP contribution in [0.3, 0.4) is 0 Å². The number of unbranched alkanes of at least 4 members (excludes halogenated alkanes) is 1. The number of carbonyl (C=O) groups is 3. The standard InChI is InChI=1S/C23H31N3O4S/c1-2-3-12-24-21(29)19-23-11-10-16(31-23)17(18(23)22(30)26(19)13-7-14-27)20(28)25-15-8-5-4-6-9-15/h4-6,8-9,16-19,27H,2-3,7,10-14H2,1H3,(H,24,29)(H,25,28)/t16-,17+,18+,19?,23?/m1/s1. The summed E-state index contributed by atoms with van der Waals surface area (Å²) in [6.07, 6.45) is 3.87. The fourth-order valence-electron chi connectivity index (χ4n) is 5.47. The summed E-state index contributed by atoms with van der Waals surface area (Å²) in [5.74, 6) is -1.33. The van der Waals surface area contributed by atoms with E-state index >= 15 is 0 Å². The number of amides is 3. The van der Waals surface area contributed by atoms with Crippen LogP contribution in [0.5, 0.6) is 0 Å². The Morgan fingerprint density at radius 1 is 1.23 bits per heavy atom. The van der Waals surface area contributed by atoms with Gasteiger partial charge < -0.3 is 20.6 Å². The Hall–Kier alpha value is -2.06. The second-order valence-electron chi connectivity index (χ2n) is 8.66. The van der Waals surface area contributed by atoms with Crippen molar-refractivity contribution in [3.63, 3.8) is 0 Å². The number of anilines is 1. The number of nitrogens with zero attached hydrogens (tertiary/aromatic N) is 1. The summed E-state index contributed by atoms with van der Waals surface area (Å²) in [4.78, 5) is 41.7. The highest BCUT2D eigenvalue weighted by Crippen LogP contribution is 2.66. The molecule has 0 saturated carbocycles. The highest BCUT2D eigenvalue weighted by Gasteiger charge is 2.73. The SMILES string of the molecule is CCCCNC(=O)C1N(CCCO)C(=O)[C@@H]2[C@@H](C(=O)Nc3ccccc3)[C@H]3CCC12S3. The summed E-state index contributed by atoms with van der Waals surface area (Å²) in [6, 6.07) is 8.70. The molecule has 3 heterocycles. The maximum Gasteiger partial charge on any atom is 0.244 e. The molecule has 7 nitrogen and oxygen atoms in total. The molecule has 3 amide bonds. The van der Waals surface area contributed by atoms with Crippen LogP contribution in [0.15, 0.2) is 30.3 Å². The minimum Gasteiger partial charge on any atom is -0.396 e. The van der Waals surface area contributed by atoms with Gasteiger partial charge >= 0.3 is 0 Å². The molecule has 31 heavy (non-hydrogen) atoms. The molecular formula is C23H31N3O4S. The van der Waals surface area contributed by atoms with E-state index in [2.05, 4.69) is 17.6 Å². The quantitative estimate of drug-likeness (QED) is 0.505. The normalized spacial score (nSPS) is 31.0. The van der Waals surface area contributed by atoms with E-state index in [4.69, 9.17) is 0 Å². The van der Waals surface area contributed by atoms with E-state index in [1.54, 1.807) is 16.7 Å². The number of rotatable bonds is 9. The van der Waals surface area contributed by atoms with Crippen molar-refractivity contribution in [1.29, 1.82) is 0 Å². The van der Waals surface area contributed by atoms with Gasteiger partial charge in [-0.05, 0) is 37.8 Å². The lowest BCUT2D eigenvalue weighted by molar-refractivity contribution is -0.139. The Labute approximate surface area is 187 Å². The second-order valence-corrected chi connectivity index (χ2v) is 10.3. The molecule has 0 aliphatic carbocycles. The molecule has 1 aromatic carbocycles.